The minimum atomic E-state index is -3.24. The largest absolute Gasteiger partial charge is 0.395 e. The zero-order valence-electron chi connectivity index (χ0n) is 17.8. The highest BCUT2D eigenvalue weighted by molar-refractivity contribution is 7.89. The van der Waals surface area contributed by atoms with Crippen molar-refractivity contribution in [3.63, 3.8) is 0 Å². The maximum Gasteiger partial charge on any atom is 0.213 e. The van der Waals surface area contributed by atoms with Gasteiger partial charge in [0.1, 0.15) is 0 Å². The van der Waals surface area contributed by atoms with Crippen LogP contribution >= 0.6 is 0 Å². The van der Waals surface area contributed by atoms with Gasteiger partial charge < -0.3 is 5.11 Å². The lowest BCUT2D eigenvalue weighted by atomic mass is 9.74. The number of rotatable bonds is 5. The number of hydrogen-bond acceptors (Lipinski definition) is 5. The van der Waals surface area contributed by atoms with Gasteiger partial charge >= 0.3 is 0 Å². The maximum absolute atomic E-state index is 12.6. The molecule has 6 nitrogen and oxygen atoms in total. The van der Waals surface area contributed by atoms with Crippen LogP contribution in [-0.4, -0.2) is 66.8 Å². The highest BCUT2D eigenvalue weighted by Crippen LogP contribution is 2.42. The van der Waals surface area contributed by atoms with Crippen molar-refractivity contribution in [3.8, 4) is 17.2 Å². The average molecular weight is 440 g/mol. The van der Waals surface area contributed by atoms with Crippen LogP contribution in [-0.2, 0) is 10.0 Å². The van der Waals surface area contributed by atoms with Crippen molar-refractivity contribution < 1.29 is 13.5 Å². The Balaban J connectivity index is 1.60. The van der Waals surface area contributed by atoms with Crippen molar-refractivity contribution in [2.24, 2.45) is 0 Å². The van der Waals surface area contributed by atoms with Gasteiger partial charge in [-0.05, 0) is 55.1 Å². The molecule has 164 valence electrons. The molecule has 2 aromatic rings. The topological polar surface area (TPSA) is 84.6 Å². The molecular formula is C24H29N3O3S. The van der Waals surface area contributed by atoms with Gasteiger partial charge in [-0.25, -0.2) is 12.7 Å². The van der Waals surface area contributed by atoms with Crippen molar-refractivity contribution in [2.45, 2.75) is 37.8 Å². The van der Waals surface area contributed by atoms with Crippen LogP contribution in [0.1, 0.15) is 36.8 Å². The summed E-state index contributed by atoms with van der Waals surface area (Å²) in [6, 6.07) is 18.0. The molecule has 0 spiro atoms. The van der Waals surface area contributed by atoms with E-state index in [-0.39, 0.29) is 30.4 Å². The van der Waals surface area contributed by atoms with Gasteiger partial charge in [-0.15, -0.1) is 0 Å². The Hall–Kier alpha value is -2.24. The fraction of sp³-hybridized carbons (Fsp3) is 0.458. The van der Waals surface area contributed by atoms with Crippen molar-refractivity contribution in [2.75, 3.05) is 32.0 Å². The van der Waals surface area contributed by atoms with Gasteiger partial charge in [-0.3, -0.25) is 4.90 Å². The number of hydrogen-bond donors (Lipinski definition) is 1. The van der Waals surface area contributed by atoms with E-state index >= 15 is 0 Å². The lowest BCUT2D eigenvalue weighted by Crippen LogP contribution is -2.67. The van der Waals surface area contributed by atoms with E-state index in [1.54, 1.807) is 17.3 Å². The number of sulfonamides is 1. The summed E-state index contributed by atoms with van der Waals surface area (Å²) in [5, 5.41) is 19.2. The third-order valence-electron chi connectivity index (χ3n) is 6.71. The molecule has 0 bridgehead atoms. The number of nitrogens with zero attached hydrogens (tertiary/aromatic N) is 3. The molecule has 7 heteroatoms. The molecule has 4 rings (SSSR count). The quantitative estimate of drug-likeness (QED) is 0.774. The Morgan fingerprint density at radius 2 is 1.84 bits per heavy atom. The Kier molecular flexibility index (Phi) is 6.44. The predicted molar refractivity (Wildman–Crippen MR) is 121 cm³/mol. The monoisotopic (exact) mass is 439 g/mol. The van der Waals surface area contributed by atoms with E-state index in [0.717, 1.165) is 36.1 Å². The first-order valence-corrected chi connectivity index (χ1v) is 12.5. The fourth-order valence-corrected chi connectivity index (χ4v) is 6.16. The number of fused-ring (bicyclic) bond motifs is 1. The number of aliphatic hydroxyl groups is 1. The molecule has 2 heterocycles. The van der Waals surface area contributed by atoms with Gasteiger partial charge in [0.05, 0.1) is 24.0 Å². The fourth-order valence-electron chi connectivity index (χ4n) is 5.01. The zero-order valence-corrected chi connectivity index (χ0v) is 18.6. The number of nitriles is 1. The molecule has 2 aromatic carbocycles. The van der Waals surface area contributed by atoms with E-state index in [9.17, 15) is 13.5 Å². The van der Waals surface area contributed by atoms with Crippen LogP contribution in [0, 0.1) is 11.3 Å². The van der Waals surface area contributed by atoms with Crippen LogP contribution in [0.4, 0.5) is 0 Å². The van der Waals surface area contributed by atoms with Gasteiger partial charge in [0.2, 0.25) is 10.0 Å². The van der Waals surface area contributed by atoms with Crippen LogP contribution in [0.2, 0.25) is 0 Å². The van der Waals surface area contributed by atoms with Gasteiger partial charge in [0, 0.05) is 31.1 Å². The van der Waals surface area contributed by atoms with Crippen LogP contribution in [0.15, 0.2) is 48.5 Å². The van der Waals surface area contributed by atoms with Gasteiger partial charge in [-0.2, -0.15) is 5.26 Å². The molecule has 2 fully saturated rings. The molecule has 3 atom stereocenters. The van der Waals surface area contributed by atoms with E-state index in [1.807, 2.05) is 30.3 Å². The smallest absolute Gasteiger partial charge is 0.213 e. The lowest BCUT2D eigenvalue weighted by molar-refractivity contribution is -0.0553. The zero-order chi connectivity index (χ0) is 22.0. The van der Waals surface area contributed by atoms with E-state index in [0.29, 0.717) is 18.7 Å². The highest BCUT2D eigenvalue weighted by atomic mass is 32.2. The number of benzene rings is 2. The SMILES string of the molecule is CCS(=O)(=O)N1CCCCN2[C@H](CO)[C@@H](c3ccc(-c4cccc(C#N)c4)cc3)[C@H]2C1. The molecule has 0 saturated carbocycles. The summed E-state index contributed by atoms with van der Waals surface area (Å²) in [5.41, 5.74) is 3.77. The lowest BCUT2D eigenvalue weighted by Gasteiger charge is -2.57. The van der Waals surface area contributed by atoms with Crippen molar-refractivity contribution >= 4 is 10.0 Å². The minimum absolute atomic E-state index is 0.0158. The number of aliphatic hydroxyl groups excluding tert-OH is 1. The molecule has 0 unspecified atom stereocenters. The molecule has 1 N–H and O–H groups in total. The molecule has 2 aliphatic heterocycles. The molecule has 0 amide bonds. The Morgan fingerprint density at radius 3 is 2.52 bits per heavy atom. The van der Waals surface area contributed by atoms with Gasteiger partial charge in [-0.1, -0.05) is 36.4 Å². The maximum atomic E-state index is 12.6. The van der Waals surface area contributed by atoms with Crippen LogP contribution in [0.3, 0.4) is 0 Å². The Labute approximate surface area is 184 Å². The molecule has 2 saturated heterocycles. The van der Waals surface area contributed by atoms with E-state index < -0.39 is 10.0 Å². The molecular weight excluding hydrogens is 410 g/mol. The first-order chi connectivity index (χ1) is 15.0. The summed E-state index contributed by atoms with van der Waals surface area (Å²) in [6.07, 6.45) is 1.78. The van der Waals surface area contributed by atoms with E-state index in [1.165, 1.54) is 0 Å². The van der Waals surface area contributed by atoms with Crippen LogP contribution in [0.5, 0.6) is 0 Å². The first-order valence-electron chi connectivity index (χ1n) is 10.9. The highest BCUT2D eigenvalue weighted by Gasteiger charge is 2.49. The second-order valence-electron chi connectivity index (χ2n) is 8.36. The summed E-state index contributed by atoms with van der Waals surface area (Å²) in [6.45, 7) is 3.70. The summed E-state index contributed by atoms with van der Waals surface area (Å²) >= 11 is 0. The molecule has 0 aliphatic carbocycles. The van der Waals surface area contributed by atoms with Crippen LogP contribution in [0.25, 0.3) is 11.1 Å². The average Bonchev–Trinajstić information content (AvgIpc) is 2.78. The molecule has 0 aromatic heterocycles. The van der Waals surface area contributed by atoms with E-state index in [2.05, 4.69) is 23.1 Å². The third-order valence-corrected chi connectivity index (χ3v) is 8.56. The Morgan fingerprint density at radius 1 is 1.10 bits per heavy atom. The van der Waals surface area contributed by atoms with Gasteiger partial charge in [0.25, 0.3) is 0 Å². The standard InChI is InChI=1S/C24H29N3O3S/c1-2-31(29,30)26-12-3-4-13-27-22(16-26)24(23(27)17-28)20-10-8-19(9-11-20)21-7-5-6-18(14-21)15-25/h5-11,14,22-24,28H,2-4,12-13,16-17H2,1H3/t22-,23-,24+/m1/s1. The summed E-state index contributed by atoms with van der Waals surface area (Å²) in [5.74, 6) is 0.210. The summed E-state index contributed by atoms with van der Waals surface area (Å²) < 4.78 is 26.8. The van der Waals surface area contributed by atoms with Crippen molar-refractivity contribution in [3.05, 3.63) is 59.7 Å². The first kappa shape index (κ1) is 22.0. The second kappa shape index (κ2) is 9.09. The normalized spacial score (nSPS) is 25.0. The third kappa shape index (κ3) is 4.26. The van der Waals surface area contributed by atoms with E-state index in [4.69, 9.17) is 5.26 Å². The molecule has 31 heavy (non-hydrogen) atoms. The summed E-state index contributed by atoms with van der Waals surface area (Å²) in [7, 11) is -3.24. The minimum Gasteiger partial charge on any atom is -0.395 e. The Bertz CT molecular complexity index is 1060. The summed E-state index contributed by atoms with van der Waals surface area (Å²) in [4.78, 5) is 2.28. The van der Waals surface area contributed by atoms with Crippen LogP contribution < -0.4 is 0 Å². The molecule has 2 aliphatic rings. The van der Waals surface area contributed by atoms with Crippen molar-refractivity contribution in [1.29, 1.82) is 5.26 Å². The predicted octanol–water partition coefficient (Wildman–Crippen LogP) is 2.80. The second-order valence-corrected chi connectivity index (χ2v) is 10.6. The molecule has 0 radical (unpaired) electrons. The van der Waals surface area contributed by atoms with Crippen molar-refractivity contribution in [1.82, 2.24) is 9.21 Å². The van der Waals surface area contributed by atoms with Gasteiger partial charge in [0.15, 0.2) is 0 Å².